The number of amides is 1. The monoisotopic (exact) mass is 280 g/mol. The highest BCUT2D eigenvalue weighted by atomic mass is 19.1. The lowest BCUT2D eigenvalue weighted by molar-refractivity contribution is -0.131. The third-order valence-electron chi connectivity index (χ3n) is 3.37. The molecule has 0 radical (unpaired) electrons. The van der Waals surface area contributed by atoms with Gasteiger partial charge in [-0.1, -0.05) is 26.0 Å². The maximum atomic E-state index is 13.3. The molecule has 112 valence electrons. The summed E-state index contributed by atoms with van der Waals surface area (Å²) in [6.45, 7) is 6.01. The zero-order chi connectivity index (χ0) is 15.0. The summed E-state index contributed by atoms with van der Waals surface area (Å²) in [5, 5.41) is 0. The molecule has 0 heterocycles. The van der Waals surface area contributed by atoms with Gasteiger partial charge in [0.1, 0.15) is 5.82 Å². The van der Waals surface area contributed by atoms with Crippen LogP contribution in [0.1, 0.15) is 44.6 Å². The van der Waals surface area contributed by atoms with Gasteiger partial charge in [-0.3, -0.25) is 4.79 Å². The van der Waals surface area contributed by atoms with Gasteiger partial charge in [0.25, 0.3) is 0 Å². The van der Waals surface area contributed by atoms with E-state index in [0.717, 1.165) is 31.5 Å². The van der Waals surface area contributed by atoms with Gasteiger partial charge < -0.3 is 10.6 Å². The third kappa shape index (κ3) is 4.93. The summed E-state index contributed by atoms with van der Waals surface area (Å²) in [5.41, 5.74) is 6.56. The topological polar surface area (TPSA) is 46.3 Å². The fourth-order valence-electron chi connectivity index (χ4n) is 2.34. The van der Waals surface area contributed by atoms with Crippen LogP contribution in [0.25, 0.3) is 0 Å². The van der Waals surface area contributed by atoms with Crippen LogP contribution in [0.2, 0.25) is 0 Å². The van der Waals surface area contributed by atoms with Crippen molar-refractivity contribution in [3.63, 3.8) is 0 Å². The Kier molecular flexibility index (Phi) is 7.23. The van der Waals surface area contributed by atoms with Crippen LogP contribution in [-0.4, -0.2) is 30.4 Å². The minimum absolute atomic E-state index is 0.105. The van der Waals surface area contributed by atoms with Gasteiger partial charge in [-0.05, 0) is 37.1 Å². The average molecular weight is 280 g/mol. The predicted octanol–water partition coefficient (Wildman–Crippen LogP) is 2.91. The molecule has 0 saturated carbocycles. The van der Waals surface area contributed by atoms with Crippen LogP contribution in [0.3, 0.4) is 0 Å². The highest BCUT2D eigenvalue weighted by molar-refractivity contribution is 5.77. The zero-order valence-electron chi connectivity index (χ0n) is 12.4. The van der Waals surface area contributed by atoms with Crippen molar-refractivity contribution in [3.05, 3.63) is 35.6 Å². The Morgan fingerprint density at radius 1 is 1.30 bits per heavy atom. The summed E-state index contributed by atoms with van der Waals surface area (Å²) in [4.78, 5) is 14.2. The first-order valence-electron chi connectivity index (χ1n) is 7.35. The smallest absolute Gasteiger partial charge is 0.223 e. The Hall–Kier alpha value is -1.42. The largest absolute Gasteiger partial charge is 0.343 e. The molecule has 0 aromatic heterocycles. The summed E-state index contributed by atoms with van der Waals surface area (Å²) in [6.07, 6.45) is 2.23. The molecule has 3 nitrogen and oxygen atoms in total. The second-order valence-electron chi connectivity index (χ2n) is 5.07. The Morgan fingerprint density at radius 2 is 1.95 bits per heavy atom. The van der Waals surface area contributed by atoms with Crippen molar-refractivity contribution in [2.75, 3.05) is 19.6 Å². The predicted molar refractivity (Wildman–Crippen MR) is 80.0 cm³/mol. The van der Waals surface area contributed by atoms with Crippen molar-refractivity contribution < 1.29 is 9.18 Å². The van der Waals surface area contributed by atoms with Crippen molar-refractivity contribution in [2.45, 2.75) is 39.0 Å². The van der Waals surface area contributed by atoms with Crippen LogP contribution in [-0.2, 0) is 4.79 Å². The number of hydrogen-bond donors (Lipinski definition) is 1. The Labute approximate surface area is 121 Å². The van der Waals surface area contributed by atoms with E-state index in [4.69, 9.17) is 5.73 Å². The van der Waals surface area contributed by atoms with E-state index in [1.165, 1.54) is 12.1 Å². The first-order valence-corrected chi connectivity index (χ1v) is 7.35. The molecule has 0 bridgehead atoms. The van der Waals surface area contributed by atoms with Crippen molar-refractivity contribution in [2.24, 2.45) is 5.73 Å². The van der Waals surface area contributed by atoms with Crippen molar-refractivity contribution in [1.82, 2.24) is 4.90 Å². The Bertz CT molecular complexity index is 417. The molecule has 0 aliphatic carbocycles. The van der Waals surface area contributed by atoms with Crippen molar-refractivity contribution in [1.29, 1.82) is 0 Å². The molecule has 4 heteroatoms. The Morgan fingerprint density at radius 3 is 2.45 bits per heavy atom. The quantitative estimate of drug-likeness (QED) is 0.796. The molecule has 1 amide bonds. The minimum Gasteiger partial charge on any atom is -0.343 e. The number of nitrogens with zero attached hydrogens (tertiary/aromatic N) is 1. The molecule has 2 N–H and O–H groups in total. The molecule has 0 fully saturated rings. The molecule has 1 aromatic rings. The van der Waals surface area contributed by atoms with Crippen molar-refractivity contribution in [3.8, 4) is 0 Å². The number of hydrogen-bond acceptors (Lipinski definition) is 2. The van der Waals surface area contributed by atoms with Gasteiger partial charge in [0.15, 0.2) is 0 Å². The minimum atomic E-state index is -0.285. The summed E-state index contributed by atoms with van der Waals surface area (Å²) < 4.78 is 13.3. The van der Waals surface area contributed by atoms with Gasteiger partial charge in [-0.2, -0.15) is 0 Å². The van der Waals surface area contributed by atoms with Crippen LogP contribution in [0.15, 0.2) is 24.3 Å². The maximum absolute atomic E-state index is 13.3. The maximum Gasteiger partial charge on any atom is 0.223 e. The van der Waals surface area contributed by atoms with E-state index in [1.807, 2.05) is 11.0 Å². The second kappa shape index (κ2) is 8.69. The number of carbonyl (C=O) groups is 1. The average Bonchev–Trinajstić information content (AvgIpc) is 2.44. The number of rotatable bonds is 8. The standard InChI is InChI=1S/C16H25FN2O/c1-3-8-19(9-4-2)16(20)11-14(12-18)13-6-5-7-15(17)10-13/h5-7,10,14H,3-4,8-9,11-12,18H2,1-2H3. The first kappa shape index (κ1) is 16.6. The summed E-state index contributed by atoms with van der Waals surface area (Å²) >= 11 is 0. The molecule has 1 aromatic carbocycles. The van der Waals surface area contributed by atoms with Crippen LogP contribution >= 0.6 is 0 Å². The molecule has 0 aliphatic heterocycles. The van der Waals surface area contributed by atoms with Crippen molar-refractivity contribution >= 4 is 5.91 Å². The molecule has 20 heavy (non-hydrogen) atoms. The van der Waals surface area contributed by atoms with E-state index >= 15 is 0 Å². The highest BCUT2D eigenvalue weighted by Crippen LogP contribution is 2.20. The van der Waals surface area contributed by atoms with E-state index in [1.54, 1.807) is 6.07 Å². The molecule has 0 saturated heterocycles. The van der Waals surface area contributed by atoms with E-state index in [-0.39, 0.29) is 17.6 Å². The Balaban J connectivity index is 2.74. The van der Waals surface area contributed by atoms with Crippen LogP contribution in [0, 0.1) is 5.82 Å². The van der Waals surface area contributed by atoms with Crippen LogP contribution in [0.5, 0.6) is 0 Å². The lowest BCUT2D eigenvalue weighted by atomic mass is 9.95. The zero-order valence-corrected chi connectivity index (χ0v) is 12.4. The van der Waals surface area contributed by atoms with Gasteiger partial charge in [0.05, 0.1) is 0 Å². The van der Waals surface area contributed by atoms with E-state index < -0.39 is 0 Å². The summed E-state index contributed by atoms with van der Waals surface area (Å²) in [5.74, 6) is -0.296. The van der Waals surface area contributed by atoms with Gasteiger partial charge in [0, 0.05) is 25.4 Å². The van der Waals surface area contributed by atoms with Gasteiger partial charge in [-0.15, -0.1) is 0 Å². The van der Waals surface area contributed by atoms with Crippen LogP contribution < -0.4 is 5.73 Å². The molecule has 0 aliphatic rings. The first-order chi connectivity index (χ1) is 9.62. The molecular formula is C16H25FN2O. The molecule has 0 spiro atoms. The molecular weight excluding hydrogens is 255 g/mol. The summed E-state index contributed by atoms with van der Waals surface area (Å²) in [7, 11) is 0. The van der Waals surface area contributed by atoms with E-state index in [2.05, 4.69) is 13.8 Å². The van der Waals surface area contributed by atoms with Gasteiger partial charge >= 0.3 is 0 Å². The normalized spacial score (nSPS) is 12.2. The second-order valence-corrected chi connectivity index (χ2v) is 5.07. The fraction of sp³-hybridized carbons (Fsp3) is 0.562. The fourth-order valence-corrected chi connectivity index (χ4v) is 2.34. The van der Waals surface area contributed by atoms with Gasteiger partial charge in [0.2, 0.25) is 5.91 Å². The SMILES string of the molecule is CCCN(CCC)C(=O)CC(CN)c1cccc(F)c1. The van der Waals surface area contributed by atoms with Crippen LogP contribution in [0.4, 0.5) is 4.39 Å². The molecule has 1 atom stereocenters. The summed E-state index contributed by atoms with van der Waals surface area (Å²) in [6, 6.07) is 6.36. The number of benzene rings is 1. The third-order valence-corrected chi connectivity index (χ3v) is 3.37. The highest BCUT2D eigenvalue weighted by Gasteiger charge is 2.19. The molecule has 1 unspecified atom stereocenters. The van der Waals surface area contributed by atoms with Gasteiger partial charge in [-0.25, -0.2) is 4.39 Å². The molecule has 1 rings (SSSR count). The van der Waals surface area contributed by atoms with E-state index in [0.29, 0.717) is 13.0 Å². The van der Waals surface area contributed by atoms with E-state index in [9.17, 15) is 9.18 Å². The number of nitrogens with two attached hydrogens (primary N) is 1. The number of carbonyl (C=O) groups excluding carboxylic acids is 1. The lowest BCUT2D eigenvalue weighted by Crippen LogP contribution is -2.34. The lowest BCUT2D eigenvalue weighted by Gasteiger charge is -2.24. The number of halogens is 1.